The average Bonchev–Trinajstić information content (AvgIpc) is 2.48. The van der Waals surface area contributed by atoms with Crippen molar-refractivity contribution < 1.29 is 14.3 Å². The first-order valence-electron chi connectivity index (χ1n) is 5.86. The summed E-state index contributed by atoms with van der Waals surface area (Å²) in [5.41, 5.74) is 1.46. The van der Waals surface area contributed by atoms with E-state index in [2.05, 4.69) is 0 Å². The van der Waals surface area contributed by atoms with Crippen LogP contribution in [0.2, 0.25) is 0 Å². The summed E-state index contributed by atoms with van der Waals surface area (Å²) in [6.07, 6.45) is 3.13. The molecule has 0 saturated carbocycles. The molecular weight excluding hydrogens is 240 g/mol. The summed E-state index contributed by atoms with van der Waals surface area (Å²) >= 11 is 0. The Kier molecular flexibility index (Phi) is 4.34. The normalized spacial score (nSPS) is 10.4. The monoisotopic (exact) mass is 254 g/mol. The highest BCUT2D eigenvalue weighted by molar-refractivity contribution is 5.90. The fourth-order valence-corrected chi connectivity index (χ4v) is 1.53. The minimum absolute atomic E-state index is 0.394. The van der Waals surface area contributed by atoms with E-state index in [0.717, 1.165) is 5.56 Å². The molecule has 3 heteroatoms. The Labute approximate surface area is 112 Å². The van der Waals surface area contributed by atoms with Crippen molar-refractivity contribution in [3.8, 4) is 5.75 Å². The van der Waals surface area contributed by atoms with E-state index >= 15 is 0 Å². The molecule has 0 unspecified atom stereocenters. The van der Waals surface area contributed by atoms with Crippen LogP contribution in [0.5, 0.6) is 5.75 Å². The van der Waals surface area contributed by atoms with Gasteiger partial charge in [-0.15, -0.1) is 0 Å². The number of hydrogen-bond donors (Lipinski definition) is 0. The van der Waals surface area contributed by atoms with Crippen LogP contribution in [0.4, 0.5) is 0 Å². The van der Waals surface area contributed by atoms with E-state index in [1.54, 1.807) is 37.5 Å². The Balaban J connectivity index is 1.95. The van der Waals surface area contributed by atoms with Crippen molar-refractivity contribution >= 4 is 12.0 Å². The van der Waals surface area contributed by atoms with Crippen molar-refractivity contribution in [2.45, 2.75) is 0 Å². The molecule has 0 spiro atoms. The van der Waals surface area contributed by atoms with E-state index in [1.165, 1.54) is 6.26 Å². The first kappa shape index (κ1) is 12.9. The number of benzene rings is 2. The highest BCUT2D eigenvalue weighted by atomic mass is 16.5. The van der Waals surface area contributed by atoms with Gasteiger partial charge in [0.2, 0.25) is 0 Å². The third kappa shape index (κ3) is 3.71. The summed E-state index contributed by atoms with van der Waals surface area (Å²) in [5.74, 6) is 0.311. The van der Waals surface area contributed by atoms with Crippen molar-refractivity contribution in [1.82, 2.24) is 0 Å². The van der Waals surface area contributed by atoms with Gasteiger partial charge in [-0.2, -0.15) is 0 Å². The van der Waals surface area contributed by atoms with Gasteiger partial charge in [-0.05, 0) is 35.9 Å². The van der Waals surface area contributed by atoms with E-state index in [1.807, 2.05) is 30.3 Å². The molecule has 0 aliphatic heterocycles. The molecule has 2 aromatic rings. The molecule has 0 fully saturated rings. The highest BCUT2D eigenvalue weighted by Gasteiger charge is 2.05. The lowest BCUT2D eigenvalue weighted by molar-refractivity contribution is 0.0665. The maximum atomic E-state index is 11.7. The smallest absolute Gasteiger partial charge is 0.342 e. The second-order valence-corrected chi connectivity index (χ2v) is 3.85. The predicted molar refractivity (Wildman–Crippen MR) is 73.9 cm³/mol. The van der Waals surface area contributed by atoms with Gasteiger partial charge in [0, 0.05) is 0 Å². The Hall–Kier alpha value is -2.55. The summed E-state index contributed by atoms with van der Waals surface area (Å²) in [4.78, 5) is 11.7. The lowest BCUT2D eigenvalue weighted by Gasteiger charge is -2.01. The van der Waals surface area contributed by atoms with Crippen molar-refractivity contribution in [3.63, 3.8) is 0 Å². The molecule has 0 aromatic heterocycles. The molecule has 0 amide bonds. The lowest BCUT2D eigenvalue weighted by atomic mass is 10.2. The summed E-state index contributed by atoms with van der Waals surface area (Å²) < 4.78 is 10.1. The molecule has 0 atom stereocenters. The third-order valence-corrected chi connectivity index (χ3v) is 2.56. The summed E-state index contributed by atoms with van der Waals surface area (Å²) in [5, 5.41) is 0. The minimum Gasteiger partial charge on any atom is -0.497 e. The summed E-state index contributed by atoms with van der Waals surface area (Å²) in [7, 11) is 1.58. The number of carbonyl (C=O) groups excluding carboxylic acids is 1. The third-order valence-electron chi connectivity index (χ3n) is 2.56. The van der Waals surface area contributed by atoms with Gasteiger partial charge in [-0.1, -0.05) is 30.3 Å². The minimum atomic E-state index is -0.394. The van der Waals surface area contributed by atoms with E-state index < -0.39 is 5.97 Å². The maximum Gasteiger partial charge on any atom is 0.342 e. The van der Waals surface area contributed by atoms with Crippen LogP contribution in [0.25, 0.3) is 6.08 Å². The molecule has 3 nitrogen and oxygen atoms in total. The van der Waals surface area contributed by atoms with Crippen LogP contribution in [0.3, 0.4) is 0 Å². The van der Waals surface area contributed by atoms with Crippen LogP contribution in [-0.4, -0.2) is 13.1 Å². The molecule has 0 heterocycles. The molecule has 0 saturated heterocycles. The molecular formula is C16H14O3. The van der Waals surface area contributed by atoms with Crippen LogP contribution < -0.4 is 4.74 Å². The molecule has 0 N–H and O–H groups in total. The van der Waals surface area contributed by atoms with Gasteiger partial charge in [0.1, 0.15) is 5.75 Å². The fraction of sp³-hybridized carbons (Fsp3) is 0.0625. The van der Waals surface area contributed by atoms with E-state index in [4.69, 9.17) is 9.47 Å². The topological polar surface area (TPSA) is 35.5 Å². The van der Waals surface area contributed by atoms with Crippen LogP contribution in [0.1, 0.15) is 15.9 Å². The fourth-order valence-electron chi connectivity index (χ4n) is 1.53. The second-order valence-electron chi connectivity index (χ2n) is 3.85. The van der Waals surface area contributed by atoms with Crippen molar-refractivity contribution in [2.75, 3.05) is 7.11 Å². The lowest BCUT2D eigenvalue weighted by Crippen LogP contribution is -2.00. The van der Waals surface area contributed by atoms with Crippen molar-refractivity contribution in [3.05, 3.63) is 72.0 Å². The molecule has 96 valence electrons. The second kappa shape index (κ2) is 6.40. The van der Waals surface area contributed by atoms with Gasteiger partial charge in [0.05, 0.1) is 18.9 Å². The number of ether oxygens (including phenoxy) is 2. The number of esters is 1. The first-order valence-corrected chi connectivity index (χ1v) is 5.86. The molecule has 0 aliphatic rings. The van der Waals surface area contributed by atoms with Gasteiger partial charge in [-0.3, -0.25) is 0 Å². The van der Waals surface area contributed by atoms with Gasteiger partial charge in [0.25, 0.3) is 0 Å². The van der Waals surface area contributed by atoms with Crippen molar-refractivity contribution in [2.24, 2.45) is 0 Å². The quantitative estimate of drug-likeness (QED) is 0.618. The van der Waals surface area contributed by atoms with Gasteiger partial charge in [0.15, 0.2) is 0 Å². The number of methoxy groups -OCH3 is 1. The average molecular weight is 254 g/mol. The largest absolute Gasteiger partial charge is 0.497 e. The van der Waals surface area contributed by atoms with Gasteiger partial charge in [-0.25, -0.2) is 4.79 Å². The predicted octanol–water partition coefficient (Wildman–Crippen LogP) is 3.52. The van der Waals surface area contributed by atoms with Crippen LogP contribution >= 0.6 is 0 Å². The van der Waals surface area contributed by atoms with Gasteiger partial charge < -0.3 is 9.47 Å². The highest BCUT2D eigenvalue weighted by Crippen LogP contribution is 2.12. The van der Waals surface area contributed by atoms with Gasteiger partial charge >= 0.3 is 5.97 Å². The standard InChI is InChI=1S/C16H14O3/c1-18-15-9-7-14(8-10-15)16(17)19-12-11-13-5-3-2-4-6-13/h2-12H,1H3/b12-11+. The first-order chi connectivity index (χ1) is 9.29. The van der Waals surface area contributed by atoms with Crippen LogP contribution in [-0.2, 0) is 4.74 Å². The molecule has 2 rings (SSSR count). The molecule has 0 aliphatic carbocycles. The van der Waals surface area contributed by atoms with Crippen LogP contribution in [0.15, 0.2) is 60.9 Å². The Morgan fingerprint density at radius 2 is 1.68 bits per heavy atom. The maximum absolute atomic E-state index is 11.7. The Morgan fingerprint density at radius 1 is 1.00 bits per heavy atom. The number of carbonyl (C=O) groups is 1. The zero-order valence-electron chi connectivity index (χ0n) is 10.6. The summed E-state index contributed by atoms with van der Waals surface area (Å²) in [6.45, 7) is 0. The van der Waals surface area contributed by atoms with E-state index in [-0.39, 0.29) is 0 Å². The summed E-state index contributed by atoms with van der Waals surface area (Å²) in [6, 6.07) is 16.4. The Bertz CT molecular complexity index is 556. The molecule has 0 radical (unpaired) electrons. The molecule has 0 bridgehead atoms. The number of rotatable bonds is 4. The molecule has 19 heavy (non-hydrogen) atoms. The van der Waals surface area contributed by atoms with E-state index in [9.17, 15) is 4.79 Å². The zero-order chi connectivity index (χ0) is 13.5. The molecule has 2 aromatic carbocycles. The Morgan fingerprint density at radius 3 is 2.32 bits per heavy atom. The van der Waals surface area contributed by atoms with Crippen molar-refractivity contribution in [1.29, 1.82) is 0 Å². The SMILES string of the molecule is COc1ccc(C(=O)O/C=C/c2ccccc2)cc1. The van der Waals surface area contributed by atoms with Crippen LogP contribution in [0, 0.1) is 0 Å². The zero-order valence-corrected chi connectivity index (χ0v) is 10.6. The van der Waals surface area contributed by atoms with E-state index in [0.29, 0.717) is 11.3 Å². The number of hydrogen-bond acceptors (Lipinski definition) is 3.